The molecule has 3 nitrogen and oxygen atoms in total. The van der Waals surface area contributed by atoms with Crippen molar-refractivity contribution in [2.75, 3.05) is 0 Å². The Hall–Kier alpha value is 1.07. The van der Waals surface area contributed by atoms with Gasteiger partial charge in [-0.15, -0.1) is 0 Å². The van der Waals surface area contributed by atoms with E-state index in [1.54, 1.807) is 0 Å². The van der Waals surface area contributed by atoms with Crippen LogP contribution in [0.15, 0.2) is 0 Å². The Labute approximate surface area is 103 Å². The molecule has 0 unspecified atom stereocenters. The van der Waals surface area contributed by atoms with E-state index in [2.05, 4.69) is 0 Å². The Morgan fingerprint density at radius 3 is 2.00 bits per heavy atom. The Kier molecular flexibility index (Phi) is 4.63. The van der Waals surface area contributed by atoms with Crippen LogP contribution in [0.3, 0.4) is 0 Å². The molecule has 1 radical (unpaired) electrons. The fourth-order valence-electron chi connectivity index (χ4n) is 1.22. The van der Waals surface area contributed by atoms with Crippen molar-refractivity contribution in [3.05, 3.63) is 0 Å². The van der Waals surface area contributed by atoms with Gasteiger partial charge in [0.1, 0.15) is 5.54 Å². The first-order chi connectivity index (χ1) is 4.15. The zero-order valence-corrected chi connectivity index (χ0v) is 9.38. The van der Waals surface area contributed by atoms with E-state index in [-0.39, 0.29) is 51.4 Å². The normalized spacial score (nSPS) is 21.7. The second-order valence-electron chi connectivity index (χ2n) is 2.67. The van der Waals surface area contributed by atoms with Crippen molar-refractivity contribution in [1.29, 1.82) is 0 Å². The average Bonchev–Trinajstić information content (AvgIpc) is 2.16. The van der Waals surface area contributed by atoms with Crippen LogP contribution in [0.25, 0.3) is 0 Å². The summed E-state index contributed by atoms with van der Waals surface area (Å²) < 4.78 is 0. The first-order valence-electron chi connectivity index (χ1n) is 3.17. The maximum Gasteiger partial charge on any atom is 0.323 e. The maximum absolute atomic E-state index is 10.4. The Balaban J connectivity index is 0.000000810. The molecule has 1 fully saturated rings. The predicted octanol–water partition coefficient (Wildman–Crippen LogP) is -0.0383. The third-order valence-corrected chi connectivity index (χ3v) is 1.92. The van der Waals surface area contributed by atoms with Crippen LogP contribution in [0.5, 0.6) is 0 Å². The van der Waals surface area contributed by atoms with Gasteiger partial charge in [0, 0.05) is 51.4 Å². The number of hydrogen-bond donors (Lipinski definition) is 2. The number of hydrogen-bond acceptors (Lipinski definition) is 2. The van der Waals surface area contributed by atoms with Crippen molar-refractivity contribution < 1.29 is 9.90 Å². The second-order valence-corrected chi connectivity index (χ2v) is 2.67. The van der Waals surface area contributed by atoms with Gasteiger partial charge in [-0.25, -0.2) is 0 Å². The smallest absolute Gasteiger partial charge is 0.323 e. The summed E-state index contributed by atoms with van der Waals surface area (Å²) in [5.74, 6) is -0.847. The summed E-state index contributed by atoms with van der Waals surface area (Å²) in [6.45, 7) is 0. The van der Waals surface area contributed by atoms with E-state index < -0.39 is 11.5 Å². The monoisotopic (exact) mass is 168 g/mol. The van der Waals surface area contributed by atoms with E-state index in [0.29, 0.717) is 12.8 Å². The summed E-state index contributed by atoms with van der Waals surface area (Å²) in [7, 11) is 0. The van der Waals surface area contributed by atoms with Gasteiger partial charge >= 0.3 is 5.97 Å². The van der Waals surface area contributed by atoms with Crippen LogP contribution in [-0.2, 0) is 4.79 Å². The molecule has 53 valence electrons. The molecule has 0 aliphatic heterocycles. The molecule has 0 amide bonds. The van der Waals surface area contributed by atoms with E-state index >= 15 is 0 Å². The van der Waals surface area contributed by atoms with Crippen LogP contribution in [0.4, 0.5) is 0 Å². The van der Waals surface area contributed by atoms with Crippen LogP contribution >= 0.6 is 0 Å². The molecule has 10 heavy (non-hydrogen) atoms. The third-order valence-electron chi connectivity index (χ3n) is 1.92. The van der Waals surface area contributed by atoms with Crippen LogP contribution in [0, 0.1) is 0 Å². The maximum atomic E-state index is 10.4. The molecule has 1 saturated carbocycles. The Morgan fingerprint density at radius 2 is 1.80 bits per heavy atom. The molecule has 4 heteroatoms. The van der Waals surface area contributed by atoms with Crippen LogP contribution in [0.1, 0.15) is 25.7 Å². The molecular formula is C6H11KNO2. The predicted molar refractivity (Wildman–Crippen MR) is 38.8 cm³/mol. The molecular weight excluding hydrogens is 157 g/mol. The molecule has 0 aromatic carbocycles. The Morgan fingerprint density at radius 1 is 1.40 bits per heavy atom. The molecule has 0 spiro atoms. The van der Waals surface area contributed by atoms with Crippen LogP contribution in [-0.4, -0.2) is 68.0 Å². The molecule has 1 aliphatic rings. The van der Waals surface area contributed by atoms with Gasteiger partial charge in [-0.1, -0.05) is 12.8 Å². The van der Waals surface area contributed by atoms with Crippen molar-refractivity contribution in [3.8, 4) is 0 Å². The number of carboxylic acids is 1. The summed E-state index contributed by atoms with van der Waals surface area (Å²) in [4.78, 5) is 10.4. The molecule has 0 aromatic heterocycles. The van der Waals surface area contributed by atoms with Crippen LogP contribution < -0.4 is 5.73 Å². The molecule has 0 heterocycles. The van der Waals surface area contributed by atoms with Gasteiger partial charge in [-0.2, -0.15) is 0 Å². The zero-order valence-electron chi connectivity index (χ0n) is 6.26. The Bertz CT molecular complexity index is 132. The first-order valence-corrected chi connectivity index (χ1v) is 3.17. The van der Waals surface area contributed by atoms with E-state index in [9.17, 15) is 4.79 Å². The van der Waals surface area contributed by atoms with Gasteiger partial charge in [0.2, 0.25) is 0 Å². The van der Waals surface area contributed by atoms with Gasteiger partial charge in [0.05, 0.1) is 0 Å². The standard InChI is InChI=1S/C6H11NO2.K/c7-6(5(8)9)3-1-2-4-6;/h1-4,7H2,(H,8,9);. The third kappa shape index (κ3) is 2.29. The van der Waals surface area contributed by atoms with Gasteiger partial charge < -0.3 is 10.8 Å². The minimum atomic E-state index is -0.889. The zero-order chi connectivity index (χ0) is 6.91. The summed E-state index contributed by atoms with van der Waals surface area (Å²) in [6.07, 6.45) is 3.20. The SMILES string of the molecule is NC1(C(=O)O)CCCC1.[K]. The molecule has 0 aromatic rings. The van der Waals surface area contributed by atoms with E-state index in [1.807, 2.05) is 0 Å². The van der Waals surface area contributed by atoms with Crippen molar-refractivity contribution in [1.82, 2.24) is 0 Å². The second kappa shape index (κ2) is 4.18. The van der Waals surface area contributed by atoms with Crippen molar-refractivity contribution in [2.24, 2.45) is 5.73 Å². The van der Waals surface area contributed by atoms with Gasteiger partial charge in [-0.05, 0) is 12.8 Å². The summed E-state index contributed by atoms with van der Waals surface area (Å²) >= 11 is 0. The summed E-state index contributed by atoms with van der Waals surface area (Å²) in [5.41, 5.74) is 4.61. The van der Waals surface area contributed by atoms with Crippen LogP contribution in [0.2, 0.25) is 0 Å². The van der Waals surface area contributed by atoms with Crippen molar-refractivity contribution >= 4 is 57.4 Å². The molecule has 0 saturated heterocycles. The number of carboxylic acid groups (broad SMARTS) is 1. The fraction of sp³-hybridized carbons (Fsp3) is 0.833. The largest absolute Gasteiger partial charge is 0.480 e. The van der Waals surface area contributed by atoms with E-state index in [1.165, 1.54) is 0 Å². The summed E-state index contributed by atoms with van der Waals surface area (Å²) in [5, 5.41) is 8.55. The number of aliphatic carboxylic acids is 1. The van der Waals surface area contributed by atoms with Gasteiger partial charge in [-0.3, -0.25) is 4.79 Å². The molecule has 0 atom stereocenters. The van der Waals surface area contributed by atoms with Gasteiger partial charge in [0.25, 0.3) is 0 Å². The van der Waals surface area contributed by atoms with E-state index in [0.717, 1.165) is 12.8 Å². The number of nitrogens with two attached hydrogens (primary N) is 1. The molecule has 0 bridgehead atoms. The topological polar surface area (TPSA) is 63.3 Å². The number of carbonyl (C=O) groups is 1. The molecule has 3 N–H and O–H groups in total. The van der Waals surface area contributed by atoms with E-state index in [4.69, 9.17) is 10.8 Å². The van der Waals surface area contributed by atoms with Crippen molar-refractivity contribution in [2.45, 2.75) is 31.2 Å². The fourth-order valence-corrected chi connectivity index (χ4v) is 1.22. The quantitative estimate of drug-likeness (QED) is 0.540. The van der Waals surface area contributed by atoms with Gasteiger partial charge in [0.15, 0.2) is 0 Å². The minimum absolute atomic E-state index is 0. The average molecular weight is 168 g/mol. The first kappa shape index (κ1) is 11.1. The number of rotatable bonds is 1. The summed E-state index contributed by atoms with van der Waals surface area (Å²) in [6, 6.07) is 0. The minimum Gasteiger partial charge on any atom is -0.480 e. The molecule has 1 rings (SSSR count). The molecule has 1 aliphatic carbocycles. The van der Waals surface area contributed by atoms with Crippen molar-refractivity contribution in [3.63, 3.8) is 0 Å².